The summed E-state index contributed by atoms with van der Waals surface area (Å²) in [6, 6.07) is 0. The molecule has 5 heteroatoms. The van der Waals surface area contributed by atoms with Crippen molar-refractivity contribution in [2.45, 2.75) is 124 Å². The molecular formula is C30H50O5. The maximum absolute atomic E-state index is 14.0. The fourth-order valence-corrected chi connectivity index (χ4v) is 10.2. The summed E-state index contributed by atoms with van der Waals surface area (Å²) in [5.74, 6) is -0.640. The molecule has 5 nitrogen and oxygen atoms in total. The standard InChI is InChI=1S/C30H50O5/c1-17(2)10-9-12-29(7,35)18-14-23(34)30(8)24(18)19(31)15-21-27(5)13-11-22(33)26(3,4)25(27)20(32)16-28(21,30)6/h10,18,20-25,32-35H,9,11-16H2,1-8H3/t18-,20-,21+,22-,23-,24+,25-,27+,28+,29-,30+/m0/s1. The number of hydrogen-bond acceptors (Lipinski definition) is 5. The summed E-state index contributed by atoms with van der Waals surface area (Å²) in [5, 5.41) is 45.8. The van der Waals surface area contributed by atoms with Crippen molar-refractivity contribution < 1.29 is 25.2 Å². The van der Waals surface area contributed by atoms with Crippen molar-refractivity contribution in [2.24, 2.45) is 45.3 Å². The van der Waals surface area contributed by atoms with Crippen LogP contribution in [0.2, 0.25) is 0 Å². The third kappa shape index (κ3) is 3.66. The highest BCUT2D eigenvalue weighted by molar-refractivity contribution is 5.85. The van der Waals surface area contributed by atoms with E-state index in [1.807, 2.05) is 20.8 Å². The Kier molecular flexibility index (Phi) is 6.53. The molecule has 0 spiro atoms. The third-order valence-electron chi connectivity index (χ3n) is 12.1. The Labute approximate surface area is 212 Å². The van der Waals surface area contributed by atoms with Crippen molar-refractivity contribution in [1.29, 1.82) is 0 Å². The van der Waals surface area contributed by atoms with Gasteiger partial charge in [0.25, 0.3) is 0 Å². The first-order chi connectivity index (χ1) is 15.9. The summed E-state index contributed by atoms with van der Waals surface area (Å²) < 4.78 is 0. The third-order valence-corrected chi connectivity index (χ3v) is 12.1. The van der Waals surface area contributed by atoms with Gasteiger partial charge in [-0.2, -0.15) is 0 Å². The normalized spacial score (nSPS) is 50.5. The van der Waals surface area contributed by atoms with E-state index >= 15 is 0 Å². The minimum atomic E-state index is -1.05. The van der Waals surface area contributed by atoms with Gasteiger partial charge in [0, 0.05) is 23.7 Å². The first-order valence-electron chi connectivity index (χ1n) is 13.9. The summed E-state index contributed by atoms with van der Waals surface area (Å²) in [6.45, 7) is 16.5. The van der Waals surface area contributed by atoms with Crippen molar-refractivity contribution in [3.05, 3.63) is 11.6 Å². The lowest BCUT2D eigenvalue weighted by atomic mass is 9.34. The van der Waals surface area contributed by atoms with E-state index in [9.17, 15) is 25.2 Å². The van der Waals surface area contributed by atoms with Gasteiger partial charge in [-0.25, -0.2) is 0 Å². The fourth-order valence-electron chi connectivity index (χ4n) is 10.2. The van der Waals surface area contributed by atoms with E-state index < -0.39 is 46.1 Å². The molecule has 35 heavy (non-hydrogen) atoms. The molecule has 0 aliphatic heterocycles. The zero-order valence-electron chi connectivity index (χ0n) is 23.3. The second-order valence-electron chi connectivity index (χ2n) is 14.6. The van der Waals surface area contributed by atoms with Gasteiger partial charge in [-0.3, -0.25) is 4.79 Å². The van der Waals surface area contributed by atoms with Crippen LogP contribution >= 0.6 is 0 Å². The molecule has 0 heterocycles. The number of hydrogen-bond donors (Lipinski definition) is 4. The van der Waals surface area contributed by atoms with Crippen LogP contribution in [0.1, 0.15) is 100 Å². The zero-order chi connectivity index (χ0) is 26.4. The summed E-state index contributed by atoms with van der Waals surface area (Å²) in [4.78, 5) is 14.0. The number of aliphatic hydroxyl groups is 4. The van der Waals surface area contributed by atoms with Crippen molar-refractivity contribution in [3.63, 3.8) is 0 Å². The second kappa shape index (κ2) is 8.38. The predicted molar refractivity (Wildman–Crippen MR) is 137 cm³/mol. The van der Waals surface area contributed by atoms with Crippen molar-refractivity contribution in [1.82, 2.24) is 0 Å². The number of aliphatic hydroxyl groups excluding tert-OH is 3. The summed E-state index contributed by atoms with van der Waals surface area (Å²) in [7, 11) is 0. The van der Waals surface area contributed by atoms with E-state index in [0.717, 1.165) is 12.8 Å². The predicted octanol–water partition coefficient (Wildman–Crippen LogP) is 4.65. The van der Waals surface area contributed by atoms with E-state index in [0.29, 0.717) is 32.1 Å². The smallest absolute Gasteiger partial charge is 0.137 e. The minimum Gasteiger partial charge on any atom is -0.393 e. The molecular weight excluding hydrogens is 440 g/mol. The maximum atomic E-state index is 14.0. The Balaban J connectivity index is 1.75. The van der Waals surface area contributed by atoms with Crippen LogP contribution < -0.4 is 0 Å². The lowest BCUT2D eigenvalue weighted by Crippen LogP contribution is -2.70. The van der Waals surface area contributed by atoms with Crippen molar-refractivity contribution in [2.75, 3.05) is 0 Å². The molecule has 4 fully saturated rings. The maximum Gasteiger partial charge on any atom is 0.137 e. The number of carbonyl (C=O) groups is 1. The van der Waals surface area contributed by atoms with Gasteiger partial charge in [-0.1, -0.05) is 46.3 Å². The number of carbonyl (C=O) groups excluding carboxylic acids is 1. The molecule has 11 atom stereocenters. The van der Waals surface area contributed by atoms with Gasteiger partial charge in [0.2, 0.25) is 0 Å². The molecule has 0 unspecified atom stereocenters. The molecule has 4 N–H and O–H groups in total. The largest absolute Gasteiger partial charge is 0.393 e. The molecule has 0 aromatic heterocycles. The lowest BCUT2D eigenvalue weighted by Gasteiger charge is -2.70. The molecule has 4 aliphatic rings. The molecule has 0 amide bonds. The Hall–Kier alpha value is -0.750. The Morgan fingerprint density at radius 1 is 1.09 bits per heavy atom. The monoisotopic (exact) mass is 490 g/mol. The van der Waals surface area contributed by atoms with Crippen LogP contribution in [0.15, 0.2) is 11.6 Å². The van der Waals surface area contributed by atoms with Crippen LogP contribution in [0.4, 0.5) is 0 Å². The van der Waals surface area contributed by atoms with Crippen LogP contribution in [0, 0.1) is 45.3 Å². The minimum absolute atomic E-state index is 0.0212. The van der Waals surface area contributed by atoms with Gasteiger partial charge >= 0.3 is 0 Å². The van der Waals surface area contributed by atoms with Crippen LogP contribution in [-0.2, 0) is 4.79 Å². The SMILES string of the molecule is CC(C)=CCC[C@](C)(O)[C@H]1C[C@H](O)[C@]2(C)[C@H]1C(=O)C[C@@H]1[C@@]3(C)CC[C@H](O)C(C)(C)[C@@H]3[C@@H](O)C[C@]12C. The topological polar surface area (TPSA) is 98.0 Å². The highest BCUT2D eigenvalue weighted by Crippen LogP contribution is 2.75. The van der Waals surface area contributed by atoms with Gasteiger partial charge in [0.05, 0.1) is 23.9 Å². The Morgan fingerprint density at radius 2 is 1.71 bits per heavy atom. The number of Topliss-reactive ketones (excluding diaryl/α,β-unsaturated/α-hetero) is 1. The van der Waals surface area contributed by atoms with Crippen molar-refractivity contribution in [3.8, 4) is 0 Å². The quantitative estimate of drug-likeness (QED) is 0.430. The average Bonchev–Trinajstić information content (AvgIpc) is 3.00. The van der Waals surface area contributed by atoms with Crippen LogP contribution in [0.25, 0.3) is 0 Å². The summed E-state index contributed by atoms with van der Waals surface area (Å²) in [6.07, 6.45) is 4.42. The van der Waals surface area contributed by atoms with Gasteiger partial charge in [-0.15, -0.1) is 0 Å². The first kappa shape index (κ1) is 27.3. The second-order valence-corrected chi connectivity index (χ2v) is 14.6. The highest BCUT2D eigenvalue weighted by atomic mass is 16.3. The molecule has 0 aromatic rings. The van der Waals surface area contributed by atoms with Crippen molar-refractivity contribution >= 4 is 5.78 Å². The van der Waals surface area contributed by atoms with E-state index in [4.69, 9.17) is 0 Å². The molecule has 0 saturated heterocycles. The average molecular weight is 491 g/mol. The number of fused-ring (bicyclic) bond motifs is 5. The van der Waals surface area contributed by atoms with Gasteiger partial charge in [-0.05, 0) is 87.4 Å². The van der Waals surface area contributed by atoms with Gasteiger partial charge in [0.15, 0.2) is 0 Å². The van der Waals surface area contributed by atoms with E-state index in [1.54, 1.807) is 0 Å². The molecule has 200 valence electrons. The lowest BCUT2D eigenvalue weighted by molar-refractivity contribution is -0.262. The molecule has 4 aliphatic carbocycles. The van der Waals surface area contributed by atoms with E-state index in [-0.39, 0.29) is 29.0 Å². The zero-order valence-corrected chi connectivity index (χ0v) is 23.3. The fraction of sp³-hybridized carbons (Fsp3) is 0.900. The van der Waals surface area contributed by atoms with Crippen LogP contribution in [0.5, 0.6) is 0 Å². The number of rotatable bonds is 4. The molecule has 0 aromatic carbocycles. The van der Waals surface area contributed by atoms with E-state index in [2.05, 4.69) is 40.7 Å². The highest BCUT2D eigenvalue weighted by Gasteiger charge is 2.75. The molecule has 0 radical (unpaired) electrons. The summed E-state index contributed by atoms with van der Waals surface area (Å²) >= 11 is 0. The Morgan fingerprint density at radius 3 is 2.31 bits per heavy atom. The molecule has 0 bridgehead atoms. The molecule has 4 rings (SSSR count). The van der Waals surface area contributed by atoms with Crippen LogP contribution in [0.3, 0.4) is 0 Å². The number of ketones is 1. The van der Waals surface area contributed by atoms with Crippen LogP contribution in [-0.4, -0.2) is 50.1 Å². The van der Waals surface area contributed by atoms with Gasteiger partial charge in [0.1, 0.15) is 5.78 Å². The molecule has 4 saturated carbocycles. The van der Waals surface area contributed by atoms with Gasteiger partial charge < -0.3 is 20.4 Å². The Bertz CT molecular complexity index is 887. The summed E-state index contributed by atoms with van der Waals surface area (Å²) in [5.41, 5.74) is -1.75. The number of allylic oxidation sites excluding steroid dienone is 2. The first-order valence-corrected chi connectivity index (χ1v) is 13.9. The van der Waals surface area contributed by atoms with E-state index in [1.165, 1.54) is 5.57 Å².